The maximum atomic E-state index is 11.5. The molecule has 0 radical (unpaired) electrons. The summed E-state index contributed by atoms with van der Waals surface area (Å²) in [6.07, 6.45) is 0. The van der Waals surface area contributed by atoms with Crippen LogP contribution in [0.25, 0.3) is 0 Å². The molecule has 0 fully saturated rings. The van der Waals surface area contributed by atoms with Gasteiger partial charge in [-0.25, -0.2) is 0 Å². The number of amides is 1. The van der Waals surface area contributed by atoms with Gasteiger partial charge in [-0.05, 0) is 12.1 Å². The van der Waals surface area contributed by atoms with Crippen molar-refractivity contribution in [2.75, 3.05) is 23.9 Å². The van der Waals surface area contributed by atoms with Crippen LogP contribution < -0.4 is 15.2 Å². The van der Waals surface area contributed by atoms with Crippen LogP contribution in [0.5, 0.6) is 5.75 Å². The molecule has 1 rings (SSSR count). The second-order valence-electron chi connectivity index (χ2n) is 3.11. The van der Waals surface area contributed by atoms with Crippen LogP contribution in [-0.4, -0.2) is 30.5 Å². The average molecular weight is 254 g/mol. The van der Waals surface area contributed by atoms with Crippen molar-refractivity contribution in [3.8, 4) is 5.75 Å². The molecule has 1 aromatic carbocycles. The van der Waals surface area contributed by atoms with Gasteiger partial charge in [0, 0.05) is 5.75 Å². The highest BCUT2D eigenvalue weighted by Crippen LogP contribution is 2.23. The van der Waals surface area contributed by atoms with Crippen molar-refractivity contribution in [3.63, 3.8) is 0 Å². The Bertz CT molecular complexity index is 408. The fourth-order valence-corrected chi connectivity index (χ4v) is 1.69. The monoisotopic (exact) mass is 254 g/mol. The molecule has 1 amide bonds. The van der Waals surface area contributed by atoms with Crippen LogP contribution in [0.3, 0.4) is 0 Å². The molecule has 0 aliphatic carbocycles. The molecule has 17 heavy (non-hydrogen) atoms. The van der Waals surface area contributed by atoms with Gasteiger partial charge in [0.15, 0.2) is 0 Å². The van der Waals surface area contributed by atoms with Crippen molar-refractivity contribution in [1.82, 2.24) is 0 Å². The number of carboxylic acids is 1. The van der Waals surface area contributed by atoms with E-state index in [0.29, 0.717) is 11.4 Å². The van der Waals surface area contributed by atoms with E-state index in [4.69, 9.17) is 4.74 Å². The minimum Gasteiger partial charge on any atom is -0.549 e. The number of para-hydroxylation sites is 2. The molecule has 0 aliphatic rings. The highest BCUT2D eigenvalue weighted by atomic mass is 32.2. The van der Waals surface area contributed by atoms with Crippen LogP contribution in [0.15, 0.2) is 24.3 Å². The highest BCUT2D eigenvalue weighted by molar-refractivity contribution is 8.00. The lowest BCUT2D eigenvalue weighted by Gasteiger charge is -2.09. The van der Waals surface area contributed by atoms with E-state index in [1.54, 1.807) is 24.3 Å². The molecule has 0 aliphatic heterocycles. The van der Waals surface area contributed by atoms with E-state index in [2.05, 4.69) is 5.32 Å². The number of methoxy groups -OCH3 is 1. The summed E-state index contributed by atoms with van der Waals surface area (Å²) in [6, 6.07) is 7.00. The molecule has 0 unspecified atom stereocenters. The first-order valence-corrected chi connectivity index (χ1v) is 5.99. The van der Waals surface area contributed by atoms with E-state index in [1.807, 2.05) is 0 Å². The number of carboxylic acid groups (broad SMARTS) is 1. The maximum Gasteiger partial charge on any atom is 0.234 e. The van der Waals surface area contributed by atoms with Gasteiger partial charge in [-0.3, -0.25) is 4.79 Å². The number of carbonyl (C=O) groups excluding carboxylic acids is 2. The number of nitrogens with one attached hydrogen (secondary N) is 1. The lowest BCUT2D eigenvalue weighted by Crippen LogP contribution is -2.25. The van der Waals surface area contributed by atoms with Crippen LogP contribution in [-0.2, 0) is 9.59 Å². The molecule has 0 aromatic heterocycles. The van der Waals surface area contributed by atoms with Crippen molar-refractivity contribution in [3.05, 3.63) is 24.3 Å². The highest BCUT2D eigenvalue weighted by Gasteiger charge is 2.06. The topological polar surface area (TPSA) is 78.5 Å². The predicted octanol–water partition coefficient (Wildman–Crippen LogP) is 0.117. The van der Waals surface area contributed by atoms with Gasteiger partial charge < -0.3 is 20.0 Å². The SMILES string of the molecule is COc1ccccc1NC(=O)CSCC(=O)[O-]. The fourth-order valence-electron chi connectivity index (χ4n) is 1.16. The largest absolute Gasteiger partial charge is 0.549 e. The van der Waals surface area contributed by atoms with E-state index in [0.717, 1.165) is 11.8 Å². The Morgan fingerprint density at radius 3 is 2.71 bits per heavy atom. The van der Waals surface area contributed by atoms with E-state index in [1.165, 1.54) is 7.11 Å². The normalized spacial score (nSPS) is 9.71. The zero-order chi connectivity index (χ0) is 12.7. The summed E-state index contributed by atoms with van der Waals surface area (Å²) >= 11 is 0.987. The van der Waals surface area contributed by atoms with Crippen molar-refractivity contribution in [2.45, 2.75) is 0 Å². The van der Waals surface area contributed by atoms with Gasteiger partial charge >= 0.3 is 0 Å². The molecular formula is C11H12NO4S-. The van der Waals surface area contributed by atoms with E-state index in [-0.39, 0.29) is 17.4 Å². The molecule has 1 aromatic rings. The summed E-state index contributed by atoms with van der Waals surface area (Å²) in [5.41, 5.74) is 0.564. The predicted molar refractivity (Wildman–Crippen MR) is 64.0 cm³/mol. The Morgan fingerprint density at radius 2 is 2.06 bits per heavy atom. The molecule has 5 nitrogen and oxygen atoms in total. The molecule has 0 bridgehead atoms. The number of anilines is 1. The third-order valence-corrected chi connectivity index (χ3v) is 2.74. The molecule has 6 heteroatoms. The number of aliphatic carboxylic acids is 1. The summed E-state index contributed by atoms with van der Waals surface area (Å²) in [5, 5.41) is 12.8. The zero-order valence-corrected chi connectivity index (χ0v) is 10.1. The van der Waals surface area contributed by atoms with Crippen LogP contribution in [0.1, 0.15) is 0 Å². The lowest BCUT2D eigenvalue weighted by molar-refractivity contribution is -0.301. The first kappa shape index (κ1) is 13.4. The van der Waals surface area contributed by atoms with Crippen molar-refractivity contribution in [1.29, 1.82) is 0 Å². The maximum absolute atomic E-state index is 11.5. The van der Waals surface area contributed by atoms with Gasteiger partial charge in [0.05, 0.1) is 24.5 Å². The number of thioether (sulfide) groups is 1. The molecule has 0 saturated carbocycles. The minimum absolute atomic E-state index is 0.0615. The van der Waals surface area contributed by atoms with E-state index < -0.39 is 5.97 Å². The fraction of sp³-hybridized carbons (Fsp3) is 0.273. The Balaban J connectivity index is 2.47. The average Bonchev–Trinajstić information content (AvgIpc) is 2.29. The van der Waals surface area contributed by atoms with Crippen molar-refractivity contribution >= 4 is 29.3 Å². The molecule has 0 saturated heterocycles. The first-order valence-electron chi connectivity index (χ1n) is 4.84. The summed E-state index contributed by atoms with van der Waals surface area (Å²) in [5.74, 6) is -1.03. The number of hydrogen-bond donors (Lipinski definition) is 1. The Hall–Kier alpha value is -1.69. The van der Waals surface area contributed by atoms with Gasteiger partial charge in [-0.1, -0.05) is 12.1 Å². The Kier molecular flexibility index (Phi) is 5.35. The van der Waals surface area contributed by atoms with Gasteiger partial charge in [0.2, 0.25) is 5.91 Å². The molecular weight excluding hydrogens is 242 g/mol. The zero-order valence-electron chi connectivity index (χ0n) is 9.26. The van der Waals surface area contributed by atoms with Gasteiger partial charge in [-0.2, -0.15) is 0 Å². The number of benzene rings is 1. The lowest BCUT2D eigenvalue weighted by atomic mass is 10.3. The third kappa shape index (κ3) is 4.78. The summed E-state index contributed by atoms with van der Waals surface area (Å²) in [7, 11) is 1.51. The standard InChI is InChI=1S/C11H13NO4S/c1-16-9-5-3-2-4-8(9)12-10(13)6-17-7-11(14)15/h2-5H,6-7H2,1H3,(H,12,13)(H,14,15)/p-1. The van der Waals surface area contributed by atoms with E-state index in [9.17, 15) is 14.7 Å². The van der Waals surface area contributed by atoms with Crippen molar-refractivity contribution < 1.29 is 19.4 Å². The van der Waals surface area contributed by atoms with Crippen molar-refractivity contribution in [2.24, 2.45) is 0 Å². The molecule has 0 atom stereocenters. The first-order chi connectivity index (χ1) is 8.13. The van der Waals surface area contributed by atoms with Crippen LogP contribution in [0.2, 0.25) is 0 Å². The second-order valence-corrected chi connectivity index (χ2v) is 4.10. The van der Waals surface area contributed by atoms with Gasteiger partial charge in [0.1, 0.15) is 5.75 Å². The summed E-state index contributed by atoms with van der Waals surface area (Å²) in [6.45, 7) is 0. The van der Waals surface area contributed by atoms with Gasteiger partial charge in [0.25, 0.3) is 0 Å². The number of ether oxygens (including phenoxy) is 1. The molecule has 0 heterocycles. The third-order valence-electron chi connectivity index (χ3n) is 1.83. The smallest absolute Gasteiger partial charge is 0.234 e. The summed E-state index contributed by atoms with van der Waals surface area (Å²) < 4.78 is 5.06. The van der Waals surface area contributed by atoms with Crippen LogP contribution >= 0.6 is 11.8 Å². The number of rotatable bonds is 6. The van der Waals surface area contributed by atoms with E-state index >= 15 is 0 Å². The molecule has 0 spiro atoms. The molecule has 1 N–H and O–H groups in total. The summed E-state index contributed by atoms with van der Waals surface area (Å²) in [4.78, 5) is 21.6. The van der Waals surface area contributed by atoms with Gasteiger partial charge in [-0.15, -0.1) is 11.8 Å². The number of hydrogen-bond acceptors (Lipinski definition) is 5. The Morgan fingerprint density at radius 1 is 1.35 bits per heavy atom. The van der Waals surface area contributed by atoms with Crippen LogP contribution in [0, 0.1) is 0 Å². The van der Waals surface area contributed by atoms with Crippen LogP contribution in [0.4, 0.5) is 5.69 Å². The second kappa shape index (κ2) is 6.80. The number of carbonyl (C=O) groups is 2. The quantitative estimate of drug-likeness (QED) is 0.780. The molecule has 92 valence electrons. The Labute approximate surface area is 103 Å². The minimum atomic E-state index is -1.18.